The van der Waals surface area contributed by atoms with E-state index in [0.717, 1.165) is 72.3 Å². The van der Waals surface area contributed by atoms with Gasteiger partial charge in [-0.2, -0.15) is 0 Å². The Morgan fingerprint density at radius 1 is 0.165 bits per heavy atom. The van der Waals surface area contributed by atoms with Gasteiger partial charge in [-0.25, -0.2) is 0 Å². The van der Waals surface area contributed by atoms with E-state index in [2.05, 4.69) is 6.58 Å². The summed E-state index contributed by atoms with van der Waals surface area (Å²) in [5.74, 6) is 0. The van der Waals surface area contributed by atoms with Crippen molar-refractivity contribution in [2.45, 2.75) is 209 Å². The van der Waals surface area contributed by atoms with Gasteiger partial charge in [0.15, 0.2) is 25.2 Å². The summed E-state index contributed by atoms with van der Waals surface area (Å²) in [5.41, 5.74) is 11.8. The number of benzene rings is 13. The van der Waals surface area contributed by atoms with E-state index in [1.54, 1.807) is 6.08 Å². The highest BCUT2D eigenvalue weighted by atomic mass is 16.8. The lowest BCUT2D eigenvalue weighted by atomic mass is 9.94. The molecule has 0 saturated carbocycles. The predicted octanol–water partition coefficient (Wildman–Crippen LogP) is 20.4. The Hall–Kier alpha value is -11.2. The summed E-state index contributed by atoms with van der Waals surface area (Å²) in [6, 6.07) is 130. The largest absolute Gasteiger partial charge is 0.374 e. The van der Waals surface area contributed by atoms with Crippen LogP contribution in [0.15, 0.2) is 407 Å². The van der Waals surface area contributed by atoms with Crippen LogP contribution in [-0.2, 0) is 185 Å². The fraction of sp³-hybridized carbons (Fsp3) is 0.322. The molecule has 4 fully saturated rings. The molecule has 722 valence electrons. The van der Waals surface area contributed by atoms with Gasteiger partial charge in [0, 0.05) is 0 Å². The second-order valence-electron chi connectivity index (χ2n) is 34.9. The minimum absolute atomic E-state index is 0.0161. The molecule has 21 nitrogen and oxygen atoms in total. The molecule has 13 aromatic carbocycles. The first-order valence-electron chi connectivity index (χ1n) is 48.1. The summed E-state index contributed by atoms with van der Waals surface area (Å²) in [6.45, 7) is 5.69. The van der Waals surface area contributed by atoms with E-state index >= 15 is 0 Å². The third-order valence-corrected chi connectivity index (χ3v) is 24.8. The van der Waals surface area contributed by atoms with Gasteiger partial charge < -0.3 is 99.5 Å². The van der Waals surface area contributed by atoms with E-state index in [9.17, 15) is 0 Å². The van der Waals surface area contributed by atoms with Crippen molar-refractivity contribution >= 4 is 0 Å². The van der Waals surface area contributed by atoms with E-state index in [1.165, 1.54) is 0 Å². The molecule has 4 aliphatic rings. The normalized spacial score (nSPS) is 24.7. The minimum Gasteiger partial charge on any atom is -0.374 e. The molecule has 17 rings (SSSR count). The van der Waals surface area contributed by atoms with Crippen LogP contribution in [-0.4, -0.2) is 156 Å². The molecule has 0 radical (unpaired) electrons. The van der Waals surface area contributed by atoms with Crippen LogP contribution in [0, 0.1) is 0 Å². The quantitative estimate of drug-likeness (QED) is 0.0326. The first-order valence-corrected chi connectivity index (χ1v) is 48.1. The van der Waals surface area contributed by atoms with Crippen molar-refractivity contribution in [1.29, 1.82) is 0 Å². The molecule has 20 unspecified atom stereocenters. The molecule has 0 N–H and O–H groups in total. The minimum atomic E-state index is -1.44. The molecule has 4 aliphatic heterocycles. The number of hydrogen-bond donors (Lipinski definition) is 0. The zero-order valence-corrected chi connectivity index (χ0v) is 78.2. The third kappa shape index (κ3) is 29.7. The highest BCUT2D eigenvalue weighted by molar-refractivity contribution is 5.24. The summed E-state index contributed by atoms with van der Waals surface area (Å²) >= 11 is 0. The van der Waals surface area contributed by atoms with E-state index in [4.69, 9.17) is 99.5 Å². The lowest BCUT2D eigenvalue weighted by Crippen LogP contribution is -2.68. The van der Waals surface area contributed by atoms with Crippen molar-refractivity contribution < 1.29 is 99.5 Å². The van der Waals surface area contributed by atoms with Crippen molar-refractivity contribution in [3.8, 4) is 0 Å². The van der Waals surface area contributed by atoms with Gasteiger partial charge in [-0.15, -0.1) is 6.58 Å². The van der Waals surface area contributed by atoms with Crippen LogP contribution in [0.4, 0.5) is 0 Å². The molecule has 0 amide bonds. The van der Waals surface area contributed by atoms with Crippen LogP contribution in [0.1, 0.15) is 72.3 Å². The van der Waals surface area contributed by atoms with E-state index in [0.29, 0.717) is 0 Å². The molecule has 0 spiro atoms. The Kier molecular flexibility index (Phi) is 38.6. The predicted molar refractivity (Wildman–Crippen MR) is 525 cm³/mol. The Morgan fingerprint density at radius 3 is 0.554 bits per heavy atom. The van der Waals surface area contributed by atoms with Gasteiger partial charge in [-0.05, 0) is 72.3 Å². The van der Waals surface area contributed by atoms with Gasteiger partial charge in [0.2, 0.25) is 0 Å². The Labute approximate surface area is 815 Å². The van der Waals surface area contributed by atoms with E-state index in [-0.39, 0.29) is 119 Å². The first kappa shape index (κ1) is 99.3. The van der Waals surface area contributed by atoms with Crippen LogP contribution < -0.4 is 0 Å². The van der Waals surface area contributed by atoms with Crippen LogP contribution in [0.2, 0.25) is 0 Å². The monoisotopic (exact) mass is 1880 g/mol. The molecular weight excluding hydrogens is 1750 g/mol. The maximum Gasteiger partial charge on any atom is 0.187 e. The maximum atomic E-state index is 8.20. The molecule has 0 aromatic heterocycles. The molecule has 139 heavy (non-hydrogen) atoms. The average Bonchev–Trinajstić information content (AvgIpc) is 0.733. The summed E-state index contributed by atoms with van der Waals surface area (Å²) in [4.78, 5) is 0. The Morgan fingerprint density at radius 2 is 0.331 bits per heavy atom. The highest BCUT2D eigenvalue weighted by Crippen LogP contribution is 2.42. The Balaban J connectivity index is 0.805. The highest BCUT2D eigenvalue weighted by Gasteiger charge is 2.59. The van der Waals surface area contributed by atoms with Crippen LogP contribution in [0.3, 0.4) is 0 Å². The van der Waals surface area contributed by atoms with E-state index < -0.39 is 123 Å². The molecule has 0 bridgehead atoms. The zero-order chi connectivity index (χ0) is 94.3. The first-order chi connectivity index (χ1) is 68.9. The van der Waals surface area contributed by atoms with E-state index in [1.807, 2.05) is 394 Å². The second-order valence-corrected chi connectivity index (χ2v) is 34.9. The number of ether oxygens (including phenoxy) is 21. The van der Waals surface area contributed by atoms with Crippen molar-refractivity contribution in [2.24, 2.45) is 0 Å². The van der Waals surface area contributed by atoms with Gasteiger partial charge in [-0.3, -0.25) is 0 Å². The van der Waals surface area contributed by atoms with Crippen LogP contribution >= 0.6 is 0 Å². The molecule has 4 saturated heterocycles. The van der Waals surface area contributed by atoms with Gasteiger partial charge >= 0.3 is 0 Å². The average molecular weight is 1880 g/mol. The van der Waals surface area contributed by atoms with Crippen molar-refractivity contribution in [3.63, 3.8) is 0 Å². The molecule has 4 heterocycles. The van der Waals surface area contributed by atoms with Gasteiger partial charge in [0.25, 0.3) is 0 Å². The fourth-order valence-electron chi connectivity index (χ4n) is 17.7. The second kappa shape index (κ2) is 54.0. The molecule has 20 atom stereocenters. The smallest absolute Gasteiger partial charge is 0.187 e. The van der Waals surface area contributed by atoms with Crippen LogP contribution in [0.25, 0.3) is 0 Å². The maximum absolute atomic E-state index is 8.20. The van der Waals surface area contributed by atoms with Crippen molar-refractivity contribution in [1.82, 2.24) is 0 Å². The molecule has 21 heteroatoms. The molecule has 0 aliphatic carbocycles. The summed E-state index contributed by atoms with van der Waals surface area (Å²) in [6.07, 6.45) is -20.0. The SMILES string of the molecule is C=CCOC1OC(COCc2ccccc2)C(OC2OC(COCc3ccccc3)C(OC3OC(COC4OC(COCc5ccccc5)C(OCc5ccccc5)C(OCc5ccccc5)C4OCc4ccccc4)C(OCc4ccccc4)C(OCc4ccccc4)C3OCc3ccccc3)C(OCc3ccccc3)C2OCc2ccccc2)C(OCc2ccccc2)C1OCc1ccccc1. The van der Waals surface area contributed by atoms with Crippen LogP contribution in [0.5, 0.6) is 0 Å². The molecule has 13 aromatic rings. The Bertz CT molecular complexity index is 5540. The molecular formula is C118H124O21. The zero-order valence-electron chi connectivity index (χ0n) is 78.2. The van der Waals surface area contributed by atoms with Crippen molar-refractivity contribution in [2.75, 3.05) is 33.0 Å². The summed E-state index contributed by atoms with van der Waals surface area (Å²) in [5, 5.41) is 0. The van der Waals surface area contributed by atoms with Gasteiger partial charge in [-0.1, -0.05) is 400 Å². The number of rotatable bonds is 52. The fourth-order valence-corrected chi connectivity index (χ4v) is 17.7. The topological polar surface area (TPSA) is 194 Å². The van der Waals surface area contributed by atoms with Crippen molar-refractivity contribution in [3.05, 3.63) is 479 Å². The standard InChI is InChI=1S/C118H124O21/c1-2-68-122-115-112(130-79-96-62-36-13-37-63-96)109(127-76-93-56-30-10-31-57-93)105(100(135-115)83-120-70-87-44-18-4-19-45-87)138-118-114(132-81-98-66-40-15-41-67-98)110(128-77-94-58-32-11-33-59-94)106(101(136-118)84-121-71-88-46-20-5-21-47-88)139-117-113(131-80-97-64-38-14-39-65-97)108(126-75-92-54-28-9-29-55-92)104(124-73-90-50-24-7-25-51-90)102(137-117)85-133-116-111(129-78-95-60-34-12-35-61-95)107(125-74-91-52-26-8-27-53-91)103(123-72-89-48-22-6-23-49-89)99(134-116)82-119-69-86-42-16-3-17-43-86/h2-67,99-118H,1,68-85H2. The summed E-state index contributed by atoms with van der Waals surface area (Å²) < 4.78 is 156. The van der Waals surface area contributed by atoms with Gasteiger partial charge in [0.1, 0.15) is 97.7 Å². The lowest BCUT2D eigenvalue weighted by molar-refractivity contribution is -0.397. The third-order valence-electron chi connectivity index (χ3n) is 24.8. The summed E-state index contributed by atoms with van der Waals surface area (Å²) in [7, 11) is 0. The van der Waals surface area contributed by atoms with Gasteiger partial charge in [0.05, 0.1) is 119 Å². The number of hydrogen-bond acceptors (Lipinski definition) is 21. The lowest BCUT2D eigenvalue weighted by Gasteiger charge is -2.52.